The monoisotopic (exact) mass is 368 g/mol. The Kier molecular flexibility index (Phi) is 6.15. The number of nitrogens with zero attached hydrogens (tertiary/aromatic N) is 1. The van der Waals surface area contributed by atoms with Crippen molar-refractivity contribution in [2.75, 3.05) is 13.2 Å². The minimum absolute atomic E-state index is 0.104. The highest BCUT2D eigenvalue weighted by Gasteiger charge is 2.14. The Morgan fingerprint density at radius 2 is 2.08 bits per heavy atom. The molecule has 0 radical (unpaired) electrons. The van der Waals surface area contributed by atoms with Crippen LogP contribution in [0.2, 0.25) is 5.02 Å². The van der Waals surface area contributed by atoms with E-state index < -0.39 is 15.8 Å². The molecule has 0 aliphatic heterocycles. The molecule has 1 aromatic heterocycles. The zero-order chi connectivity index (χ0) is 17.6. The molecule has 0 bridgehead atoms. The lowest BCUT2D eigenvalue weighted by Crippen LogP contribution is -2.24. The molecule has 0 atom stereocenters. The number of hydrogen-bond acceptors (Lipinski definition) is 4. The summed E-state index contributed by atoms with van der Waals surface area (Å²) in [5.41, 5.74) is 0.878. The van der Waals surface area contributed by atoms with Crippen molar-refractivity contribution in [1.29, 1.82) is 0 Å². The zero-order valence-electron chi connectivity index (χ0n) is 12.7. The number of halogens is 2. The quantitative estimate of drug-likeness (QED) is 0.823. The molecule has 1 aromatic carbocycles. The Morgan fingerprint density at radius 3 is 2.75 bits per heavy atom. The third-order valence-corrected chi connectivity index (χ3v) is 4.56. The fraction of sp³-hybridized carbons (Fsp3) is 0.188. The van der Waals surface area contributed by atoms with Crippen LogP contribution in [0.25, 0.3) is 0 Å². The smallest absolute Gasteiger partial charge is 0.241 e. The lowest BCUT2D eigenvalue weighted by atomic mass is 10.3. The van der Waals surface area contributed by atoms with E-state index in [9.17, 15) is 12.8 Å². The molecule has 2 aromatic rings. The molecule has 0 amide bonds. The van der Waals surface area contributed by atoms with E-state index in [1.807, 2.05) is 13.0 Å². The van der Waals surface area contributed by atoms with Crippen LogP contribution in [-0.4, -0.2) is 26.6 Å². The van der Waals surface area contributed by atoms with Crippen LogP contribution >= 0.6 is 11.6 Å². The van der Waals surface area contributed by atoms with Gasteiger partial charge in [0.2, 0.25) is 10.0 Å². The van der Waals surface area contributed by atoms with Gasteiger partial charge in [-0.15, -0.1) is 0 Å². The fourth-order valence-electron chi connectivity index (χ4n) is 1.63. The summed E-state index contributed by atoms with van der Waals surface area (Å²) in [6.07, 6.45) is 1.58. The number of hydrogen-bond donors (Lipinski definition) is 1. The van der Waals surface area contributed by atoms with Gasteiger partial charge in [0.1, 0.15) is 18.2 Å². The Labute approximate surface area is 144 Å². The average molecular weight is 369 g/mol. The molecule has 126 valence electrons. The number of nitrogens with one attached hydrogen (secondary N) is 1. The second-order valence-electron chi connectivity index (χ2n) is 4.68. The van der Waals surface area contributed by atoms with E-state index in [-0.39, 0.29) is 23.1 Å². The van der Waals surface area contributed by atoms with Gasteiger partial charge < -0.3 is 4.74 Å². The molecule has 0 saturated heterocycles. The summed E-state index contributed by atoms with van der Waals surface area (Å²) < 4.78 is 44.6. The van der Waals surface area contributed by atoms with Crippen molar-refractivity contribution in [1.82, 2.24) is 9.71 Å². The summed E-state index contributed by atoms with van der Waals surface area (Å²) >= 11 is 5.57. The first kappa shape index (κ1) is 18.2. The van der Waals surface area contributed by atoms with Gasteiger partial charge in [-0.05, 0) is 37.3 Å². The molecule has 0 unspecified atom stereocenters. The van der Waals surface area contributed by atoms with Crippen molar-refractivity contribution in [3.8, 4) is 17.6 Å². The number of rotatable bonds is 5. The van der Waals surface area contributed by atoms with Crippen molar-refractivity contribution in [3.05, 3.63) is 53.1 Å². The second kappa shape index (κ2) is 8.11. The summed E-state index contributed by atoms with van der Waals surface area (Å²) in [5, 5.41) is -0.260. The highest BCUT2D eigenvalue weighted by atomic mass is 35.5. The first-order valence-electron chi connectivity index (χ1n) is 6.84. The summed E-state index contributed by atoms with van der Waals surface area (Å²) in [6.45, 7) is 1.87. The lowest BCUT2D eigenvalue weighted by molar-refractivity contribution is 0.368. The zero-order valence-corrected chi connectivity index (χ0v) is 14.3. The van der Waals surface area contributed by atoms with Crippen molar-refractivity contribution < 1.29 is 17.5 Å². The predicted molar refractivity (Wildman–Crippen MR) is 88.8 cm³/mol. The normalized spacial score (nSPS) is 10.8. The molecular weight excluding hydrogens is 355 g/mol. The van der Waals surface area contributed by atoms with Gasteiger partial charge in [-0.3, -0.25) is 4.98 Å². The van der Waals surface area contributed by atoms with E-state index >= 15 is 0 Å². The lowest BCUT2D eigenvalue weighted by Gasteiger charge is -2.04. The highest BCUT2D eigenvalue weighted by Crippen LogP contribution is 2.19. The molecule has 0 spiro atoms. The van der Waals surface area contributed by atoms with Crippen molar-refractivity contribution in [2.45, 2.75) is 11.8 Å². The van der Waals surface area contributed by atoms with Crippen LogP contribution in [0.15, 0.2) is 41.4 Å². The Balaban J connectivity index is 1.85. The molecule has 1 heterocycles. The maximum absolute atomic E-state index is 13.1. The van der Waals surface area contributed by atoms with Crippen LogP contribution in [0.4, 0.5) is 4.39 Å². The molecule has 0 aliphatic carbocycles. The van der Waals surface area contributed by atoms with Crippen molar-refractivity contribution >= 4 is 21.6 Å². The van der Waals surface area contributed by atoms with Gasteiger partial charge in [0.15, 0.2) is 0 Å². The number of ether oxygens (including phenoxy) is 1. The van der Waals surface area contributed by atoms with E-state index in [1.165, 1.54) is 0 Å². The highest BCUT2D eigenvalue weighted by molar-refractivity contribution is 7.89. The minimum Gasteiger partial charge on any atom is -0.479 e. The molecule has 0 saturated carbocycles. The molecule has 0 aliphatic rings. The van der Waals surface area contributed by atoms with Gasteiger partial charge in [0, 0.05) is 5.69 Å². The number of pyridine rings is 1. The predicted octanol–water partition coefficient (Wildman–Crippen LogP) is 2.54. The van der Waals surface area contributed by atoms with E-state index in [2.05, 4.69) is 21.5 Å². The average Bonchev–Trinajstić information content (AvgIpc) is 2.55. The van der Waals surface area contributed by atoms with Crippen LogP contribution < -0.4 is 9.46 Å². The second-order valence-corrected chi connectivity index (χ2v) is 6.85. The largest absolute Gasteiger partial charge is 0.479 e. The molecule has 5 nitrogen and oxygen atoms in total. The summed E-state index contributed by atoms with van der Waals surface area (Å²) in [7, 11) is -3.80. The Bertz CT molecular complexity index is 874. The molecule has 24 heavy (non-hydrogen) atoms. The van der Waals surface area contributed by atoms with E-state index in [0.29, 0.717) is 5.75 Å². The van der Waals surface area contributed by atoms with Gasteiger partial charge in [-0.2, -0.15) is 4.72 Å². The standard InChI is InChI=1S/C16H14ClFN2O3S/c1-12-4-5-13(11-19-12)23-9-3-2-8-20-24(21,22)14-6-7-16(18)15(17)10-14/h4-7,10-11,20H,8-9H2,1H3. The van der Waals surface area contributed by atoms with Crippen molar-refractivity contribution in [3.63, 3.8) is 0 Å². The van der Waals surface area contributed by atoms with Gasteiger partial charge >= 0.3 is 0 Å². The summed E-state index contributed by atoms with van der Waals surface area (Å²) in [4.78, 5) is 3.94. The van der Waals surface area contributed by atoms with E-state index in [4.69, 9.17) is 16.3 Å². The molecular formula is C16H14ClFN2O3S. The van der Waals surface area contributed by atoms with Crippen LogP contribution in [-0.2, 0) is 10.0 Å². The van der Waals surface area contributed by atoms with Gasteiger partial charge in [0.25, 0.3) is 0 Å². The molecule has 8 heteroatoms. The molecule has 1 N–H and O–H groups in total. The van der Waals surface area contributed by atoms with Gasteiger partial charge in [0.05, 0.1) is 22.7 Å². The summed E-state index contributed by atoms with van der Waals surface area (Å²) in [5.74, 6) is 5.20. The van der Waals surface area contributed by atoms with Crippen LogP contribution in [0.3, 0.4) is 0 Å². The third-order valence-electron chi connectivity index (χ3n) is 2.87. The molecule has 0 fully saturated rings. The van der Waals surface area contributed by atoms with Gasteiger partial charge in [-0.1, -0.05) is 23.4 Å². The van der Waals surface area contributed by atoms with E-state index in [0.717, 1.165) is 23.9 Å². The third kappa shape index (κ3) is 5.20. The van der Waals surface area contributed by atoms with Crippen molar-refractivity contribution in [2.24, 2.45) is 0 Å². The Hall–Kier alpha value is -2.14. The SMILES string of the molecule is Cc1ccc(OCC#CCNS(=O)(=O)c2ccc(F)c(Cl)c2)cn1. The topological polar surface area (TPSA) is 68.3 Å². The minimum atomic E-state index is -3.80. The van der Waals surface area contributed by atoms with Crippen LogP contribution in [0.1, 0.15) is 5.69 Å². The number of benzene rings is 1. The number of sulfonamides is 1. The summed E-state index contributed by atoms with van der Waals surface area (Å²) in [6, 6.07) is 6.74. The first-order chi connectivity index (χ1) is 11.4. The maximum Gasteiger partial charge on any atom is 0.241 e. The van der Waals surface area contributed by atoms with Gasteiger partial charge in [-0.25, -0.2) is 12.8 Å². The Morgan fingerprint density at radius 1 is 1.29 bits per heavy atom. The first-order valence-corrected chi connectivity index (χ1v) is 8.70. The fourth-order valence-corrected chi connectivity index (χ4v) is 2.83. The number of aromatic nitrogens is 1. The number of aryl methyl sites for hydroxylation is 1. The van der Waals surface area contributed by atoms with Crippen LogP contribution in [0, 0.1) is 24.6 Å². The maximum atomic E-state index is 13.1. The molecule has 2 rings (SSSR count). The van der Waals surface area contributed by atoms with E-state index in [1.54, 1.807) is 12.3 Å². The van der Waals surface area contributed by atoms with Crippen LogP contribution in [0.5, 0.6) is 5.75 Å².